The Kier molecular flexibility index (Phi) is 9.51. The van der Waals surface area contributed by atoms with E-state index in [0.717, 1.165) is 5.56 Å². The number of nitrogens with one attached hydrogen (secondary N) is 2. The average molecular weight is 388 g/mol. The van der Waals surface area contributed by atoms with E-state index in [0.29, 0.717) is 6.42 Å². The number of amides is 3. The lowest BCUT2D eigenvalue weighted by atomic mass is 9.97. The van der Waals surface area contributed by atoms with Crippen molar-refractivity contribution in [1.29, 1.82) is 5.26 Å². The van der Waals surface area contributed by atoms with Crippen LogP contribution in [0, 0.1) is 23.2 Å². The number of alkyl carbamates (subject to hydrolysis) is 1. The lowest BCUT2D eigenvalue weighted by Crippen LogP contribution is -2.55. The number of rotatable bonds is 10. The summed E-state index contributed by atoms with van der Waals surface area (Å²) < 4.78 is 5.16. The van der Waals surface area contributed by atoms with Gasteiger partial charge in [0.05, 0.1) is 6.07 Å². The van der Waals surface area contributed by atoms with E-state index in [-0.39, 0.29) is 18.9 Å². The Bertz CT molecular complexity index is 700. The van der Waals surface area contributed by atoms with Gasteiger partial charge in [-0.2, -0.15) is 5.26 Å². The van der Waals surface area contributed by atoms with Gasteiger partial charge >= 0.3 is 6.09 Å². The highest BCUT2D eigenvalue weighted by Gasteiger charge is 2.29. The molecule has 0 fully saturated rings. The second-order valence-electron chi connectivity index (χ2n) is 7.12. The van der Waals surface area contributed by atoms with Crippen LogP contribution in [0.5, 0.6) is 0 Å². The Morgan fingerprint density at radius 3 is 2.32 bits per heavy atom. The van der Waals surface area contributed by atoms with E-state index in [1.54, 1.807) is 6.92 Å². The zero-order chi connectivity index (χ0) is 21.1. The molecule has 1 aromatic carbocycles. The molecule has 1 rings (SSSR count). The first-order valence-electron chi connectivity index (χ1n) is 9.18. The molecule has 1 aromatic rings. The van der Waals surface area contributed by atoms with Crippen molar-refractivity contribution in [1.82, 2.24) is 10.6 Å². The summed E-state index contributed by atoms with van der Waals surface area (Å²) in [5.74, 6) is -1.62. The van der Waals surface area contributed by atoms with Crippen LogP contribution in [0.1, 0.15) is 39.2 Å². The molecule has 152 valence electrons. The molecule has 8 heteroatoms. The van der Waals surface area contributed by atoms with E-state index in [2.05, 4.69) is 10.6 Å². The van der Waals surface area contributed by atoms with Gasteiger partial charge in [0.1, 0.15) is 18.7 Å². The molecule has 0 spiro atoms. The first-order valence-corrected chi connectivity index (χ1v) is 9.18. The molecule has 0 aliphatic heterocycles. The Morgan fingerprint density at radius 2 is 1.79 bits per heavy atom. The molecule has 0 aliphatic carbocycles. The van der Waals surface area contributed by atoms with Crippen LogP contribution in [0.2, 0.25) is 0 Å². The molecule has 3 amide bonds. The Morgan fingerprint density at radius 1 is 1.14 bits per heavy atom. The summed E-state index contributed by atoms with van der Waals surface area (Å²) in [6.07, 6.45) is -0.315. The van der Waals surface area contributed by atoms with Crippen LogP contribution in [0.25, 0.3) is 0 Å². The third-order valence-electron chi connectivity index (χ3n) is 4.12. The number of hydrogen-bond acceptors (Lipinski definition) is 5. The van der Waals surface area contributed by atoms with E-state index in [1.165, 1.54) is 0 Å². The minimum Gasteiger partial charge on any atom is -0.445 e. The monoisotopic (exact) mass is 388 g/mol. The smallest absolute Gasteiger partial charge is 0.408 e. The van der Waals surface area contributed by atoms with E-state index in [1.807, 2.05) is 50.2 Å². The number of hydrogen-bond donors (Lipinski definition) is 3. The van der Waals surface area contributed by atoms with Crippen molar-refractivity contribution >= 4 is 17.9 Å². The molecule has 28 heavy (non-hydrogen) atoms. The van der Waals surface area contributed by atoms with E-state index in [4.69, 9.17) is 15.7 Å². The number of benzene rings is 1. The average Bonchev–Trinajstić information content (AvgIpc) is 2.64. The quantitative estimate of drug-likeness (QED) is 0.562. The molecule has 8 nitrogen and oxygen atoms in total. The van der Waals surface area contributed by atoms with Crippen molar-refractivity contribution in [3.05, 3.63) is 35.9 Å². The number of ether oxygens (including phenoxy) is 1. The summed E-state index contributed by atoms with van der Waals surface area (Å²) >= 11 is 0. The maximum atomic E-state index is 12.6. The Hall–Kier alpha value is -3.08. The summed E-state index contributed by atoms with van der Waals surface area (Å²) in [7, 11) is 0. The fraction of sp³-hybridized carbons (Fsp3) is 0.500. The summed E-state index contributed by atoms with van der Waals surface area (Å²) in [4.78, 5) is 36.4. The predicted octanol–water partition coefficient (Wildman–Crippen LogP) is 1.85. The van der Waals surface area contributed by atoms with Crippen LogP contribution in [0.3, 0.4) is 0 Å². The Balaban J connectivity index is 2.74. The Labute approximate surface area is 165 Å². The van der Waals surface area contributed by atoms with Crippen LogP contribution >= 0.6 is 0 Å². The topological polar surface area (TPSA) is 134 Å². The standard InChI is InChI=1S/C20H28N4O4/c1-13(2)11-16(19(26)24-17(18(22)25)14(3)9-10-21)23-20(27)28-12-15-7-5-4-6-8-15/h4-8,13-14,16-17H,9,11-12H2,1-3H3,(H2,22,25)(H,23,27)(H,24,26)/t14-,16-,17+/m0/s1. The third kappa shape index (κ3) is 8.08. The summed E-state index contributed by atoms with van der Waals surface area (Å²) in [5.41, 5.74) is 6.18. The summed E-state index contributed by atoms with van der Waals surface area (Å²) in [6.45, 7) is 5.53. The minimum absolute atomic E-state index is 0.0648. The van der Waals surface area contributed by atoms with Crippen molar-refractivity contribution in [3.8, 4) is 6.07 Å². The number of nitrogens with zero attached hydrogens (tertiary/aromatic N) is 1. The first kappa shape index (κ1) is 23.0. The van der Waals surface area contributed by atoms with Gasteiger partial charge in [0, 0.05) is 6.42 Å². The second-order valence-corrected chi connectivity index (χ2v) is 7.12. The lowest BCUT2D eigenvalue weighted by molar-refractivity contribution is -0.129. The van der Waals surface area contributed by atoms with Crippen LogP contribution in [-0.2, 0) is 20.9 Å². The van der Waals surface area contributed by atoms with Gasteiger partial charge in [-0.15, -0.1) is 0 Å². The molecule has 0 unspecified atom stereocenters. The minimum atomic E-state index is -0.996. The van der Waals surface area contributed by atoms with E-state index < -0.39 is 35.9 Å². The summed E-state index contributed by atoms with van der Waals surface area (Å²) in [5, 5.41) is 13.9. The maximum absolute atomic E-state index is 12.6. The fourth-order valence-electron chi connectivity index (χ4n) is 2.62. The highest BCUT2D eigenvalue weighted by Crippen LogP contribution is 2.10. The van der Waals surface area contributed by atoms with Crippen LogP contribution < -0.4 is 16.4 Å². The number of nitrogens with two attached hydrogens (primary N) is 1. The fourth-order valence-corrected chi connectivity index (χ4v) is 2.62. The van der Waals surface area contributed by atoms with Gasteiger partial charge in [0.2, 0.25) is 11.8 Å². The second kappa shape index (κ2) is 11.6. The molecule has 0 saturated heterocycles. The number of nitriles is 1. The molecular weight excluding hydrogens is 360 g/mol. The zero-order valence-corrected chi connectivity index (χ0v) is 16.5. The van der Waals surface area contributed by atoms with Gasteiger partial charge in [0.25, 0.3) is 0 Å². The normalized spacial score (nSPS) is 13.7. The maximum Gasteiger partial charge on any atom is 0.408 e. The zero-order valence-electron chi connectivity index (χ0n) is 16.5. The summed E-state index contributed by atoms with van der Waals surface area (Å²) in [6, 6.07) is 9.22. The van der Waals surface area contributed by atoms with Crippen molar-refractivity contribution in [3.63, 3.8) is 0 Å². The van der Waals surface area contributed by atoms with Gasteiger partial charge in [0.15, 0.2) is 0 Å². The van der Waals surface area contributed by atoms with Crippen LogP contribution in [0.15, 0.2) is 30.3 Å². The number of primary amides is 1. The highest BCUT2D eigenvalue weighted by molar-refractivity contribution is 5.90. The van der Waals surface area contributed by atoms with Crippen LogP contribution in [0.4, 0.5) is 4.79 Å². The molecule has 0 aliphatic rings. The van der Waals surface area contributed by atoms with Crippen molar-refractivity contribution in [2.24, 2.45) is 17.6 Å². The van der Waals surface area contributed by atoms with Gasteiger partial charge in [-0.25, -0.2) is 4.79 Å². The highest BCUT2D eigenvalue weighted by atomic mass is 16.5. The first-order chi connectivity index (χ1) is 13.2. The molecular formula is C20H28N4O4. The molecule has 4 N–H and O–H groups in total. The van der Waals surface area contributed by atoms with Gasteiger partial charge in [-0.1, -0.05) is 51.1 Å². The molecule has 0 heterocycles. The van der Waals surface area contributed by atoms with Crippen LogP contribution in [-0.4, -0.2) is 30.0 Å². The van der Waals surface area contributed by atoms with Gasteiger partial charge in [-0.3, -0.25) is 9.59 Å². The van der Waals surface area contributed by atoms with Crippen molar-refractivity contribution in [2.75, 3.05) is 0 Å². The van der Waals surface area contributed by atoms with Gasteiger partial charge < -0.3 is 21.1 Å². The molecule has 0 aromatic heterocycles. The largest absolute Gasteiger partial charge is 0.445 e. The van der Waals surface area contributed by atoms with Crippen molar-refractivity contribution < 1.29 is 19.1 Å². The number of carbonyl (C=O) groups excluding carboxylic acids is 3. The lowest BCUT2D eigenvalue weighted by Gasteiger charge is -2.25. The number of carbonyl (C=O) groups is 3. The molecule has 0 radical (unpaired) electrons. The SMILES string of the molecule is CC(C)C[C@H](NC(=O)OCc1ccccc1)C(=O)N[C@@H](C(N)=O)[C@@H](C)CC#N. The van der Waals surface area contributed by atoms with E-state index >= 15 is 0 Å². The molecule has 0 bridgehead atoms. The molecule has 3 atom stereocenters. The predicted molar refractivity (Wildman–Crippen MR) is 104 cm³/mol. The third-order valence-corrected chi connectivity index (χ3v) is 4.12. The van der Waals surface area contributed by atoms with Crippen molar-refractivity contribution in [2.45, 2.75) is 52.3 Å². The molecule has 0 saturated carbocycles. The van der Waals surface area contributed by atoms with E-state index in [9.17, 15) is 14.4 Å². The van der Waals surface area contributed by atoms with Gasteiger partial charge in [-0.05, 0) is 23.8 Å².